The Labute approximate surface area is 201 Å². The van der Waals surface area contributed by atoms with Gasteiger partial charge >= 0.3 is 0 Å². The maximum atomic E-state index is 13.7. The first-order valence-electron chi connectivity index (χ1n) is 11.3. The molecule has 1 saturated heterocycles. The van der Waals surface area contributed by atoms with Gasteiger partial charge in [0.25, 0.3) is 0 Å². The number of amides is 1. The Bertz CT molecular complexity index is 1130. The summed E-state index contributed by atoms with van der Waals surface area (Å²) >= 11 is 0. The van der Waals surface area contributed by atoms with Gasteiger partial charge < -0.3 is 14.4 Å². The number of hydrogen-bond donors (Lipinski definition) is 0. The van der Waals surface area contributed by atoms with Crippen LogP contribution in [0.3, 0.4) is 0 Å². The number of sulfonamides is 1. The second-order valence-electron chi connectivity index (χ2n) is 8.46. The maximum absolute atomic E-state index is 13.7. The topological polar surface area (TPSA) is 99.9 Å². The number of nitriles is 1. The molecule has 2 aromatic rings. The molecular weight excluding hydrogens is 454 g/mol. The Morgan fingerprint density at radius 1 is 1.18 bits per heavy atom. The smallest absolute Gasteiger partial charge is 0.247 e. The third-order valence-corrected chi connectivity index (χ3v) is 7.75. The van der Waals surface area contributed by atoms with Gasteiger partial charge in [-0.25, -0.2) is 8.42 Å². The summed E-state index contributed by atoms with van der Waals surface area (Å²) in [4.78, 5) is 14.5. The lowest BCUT2D eigenvalue weighted by atomic mass is 10.0. The second-order valence-corrected chi connectivity index (χ2v) is 10.4. The predicted molar refractivity (Wildman–Crippen MR) is 128 cm³/mol. The summed E-state index contributed by atoms with van der Waals surface area (Å²) in [6.45, 7) is 5.75. The molecule has 9 heteroatoms. The third kappa shape index (κ3) is 6.14. The van der Waals surface area contributed by atoms with Crippen molar-refractivity contribution in [1.82, 2.24) is 9.21 Å². The highest BCUT2D eigenvalue weighted by atomic mass is 32.2. The Morgan fingerprint density at radius 3 is 2.44 bits per heavy atom. The van der Waals surface area contributed by atoms with Crippen LogP contribution in [-0.2, 0) is 26.0 Å². The summed E-state index contributed by atoms with van der Waals surface area (Å²) in [6.07, 6.45) is 0.439. The summed E-state index contributed by atoms with van der Waals surface area (Å²) in [6, 6.07) is 14.3. The van der Waals surface area contributed by atoms with Crippen LogP contribution >= 0.6 is 0 Å². The highest BCUT2D eigenvalue weighted by Crippen LogP contribution is 2.28. The fourth-order valence-electron chi connectivity index (χ4n) is 3.76. The number of rotatable bonds is 9. The molecule has 0 radical (unpaired) electrons. The average Bonchev–Trinajstić information content (AvgIpc) is 2.86. The lowest BCUT2D eigenvalue weighted by molar-refractivity contribution is -0.135. The molecule has 0 aliphatic carbocycles. The Balaban J connectivity index is 1.90. The Kier molecular flexibility index (Phi) is 8.67. The first-order valence-corrected chi connectivity index (χ1v) is 12.7. The van der Waals surface area contributed by atoms with Crippen LogP contribution in [0.1, 0.15) is 36.5 Å². The van der Waals surface area contributed by atoms with Crippen molar-refractivity contribution in [2.75, 3.05) is 46.5 Å². The molecule has 1 amide bonds. The van der Waals surface area contributed by atoms with Crippen molar-refractivity contribution in [2.24, 2.45) is 0 Å². The van der Waals surface area contributed by atoms with E-state index in [-0.39, 0.29) is 35.2 Å². The SMILES string of the molecule is COc1ccc(C#N)cc1S(=O)(=O)N(CCc1ccc(C(C)C)cc1)CC(=O)N1CCOCC1. The van der Waals surface area contributed by atoms with Gasteiger partial charge in [0.1, 0.15) is 10.6 Å². The van der Waals surface area contributed by atoms with Crippen molar-refractivity contribution < 1.29 is 22.7 Å². The number of ether oxygens (including phenoxy) is 2. The number of nitrogens with zero attached hydrogens (tertiary/aromatic N) is 3. The maximum Gasteiger partial charge on any atom is 0.247 e. The summed E-state index contributed by atoms with van der Waals surface area (Å²) in [7, 11) is -2.75. The molecule has 1 fully saturated rings. The van der Waals surface area contributed by atoms with Crippen molar-refractivity contribution in [3.05, 3.63) is 59.2 Å². The average molecular weight is 486 g/mol. The number of morpholine rings is 1. The van der Waals surface area contributed by atoms with Gasteiger partial charge in [-0.15, -0.1) is 0 Å². The number of methoxy groups -OCH3 is 1. The van der Waals surface area contributed by atoms with E-state index in [1.54, 1.807) is 4.90 Å². The minimum absolute atomic E-state index is 0.110. The molecule has 0 spiro atoms. The van der Waals surface area contributed by atoms with Crippen molar-refractivity contribution in [3.63, 3.8) is 0 Å². The van der Waals surface area contributed by atoms with E-state index in [0.717, 1.165) is 5.56 Å². The van der Waals surface area contributed by atoms with Crippen LogP contribution in [-0.4, -0.2) is 70.0 Å². The van der Waals surface area contributed by atoms with Gasteiger partial charge in [-0.3, -0.25) is 4.79 Å². The Morgan fingerprint density at radius 2 is 1.85 bits per heavy atom. The van der Waals surface area contributed by atoms with E-state index in [1.807, 2.05) is 30.3 Å². The molecule has 1 aliphatic heterocycles. The minimum Gasteiger partial charge on any atom is -0.495 e. The zero-order valence-corrected chi connectivity index (χ0v) is 20.7. The number of carbonyl (C=O) groups is 1. The zero-order chi connectivity index (χ0) is 24.7. The third-order valence-electron chi connectivity index (χ3n) is 5.88. The van der Waals surface area contributed by atoms with Crippen molar-refractivity contribution in [2.45, 2.75) is 31.1 Å². The summed E-state index contributed by atoms with van der Waals surface area (Å²) in [5, 5.41) is 9.29. The molecule has 0 saturated carbocycles. The van der Waals surface area contributed by atoms with Crippen LogP contribution in [0.25, 0.3) is 0 Å². The van der Waals surface area contributed by atoms with Crippen LogP contribution in [0.2, 0.25) is 0 Å². The normalized spacial score (nSPS) is 14.3. The predicted octanol–water partition coefficient (Wildman–Crippen LogP) is 2.78. The van der Waals surface area contributed by atoms with Crippen molar-refractivity contribution in [1.29, 1.82) is 5.26 Å². The number of hydrogen-bond acceptors (Lipinski definition) is 6. The van der Waals surface area contributed by atoms with Crippen LogP contribution in [0.15, 0.2) is 47.4 Å². The number of benzene rings is 2. The highest BCUT2D eigenvalue weighted by Gasteiger charge is 2.31. The summed E-state index contributed by atoms with van der Waals surface area (Å²) in [5.74, 6) is 0.249. The molecule has 0 N–H and O–H groups in total. The lowest BCUT2D eigenvalue weighted by Gasteiger charge is -2.30. The monoisotopic (exact) mass is 485 g/mol. The van der Waals surface area contributed by atoms with Crippen LogP contribution in [0.4, 0.5) is 0 Å². The first-order chi connectivity index (χ1) is 16.3. The molecule has 182 valence electrons. The molecule has 2 aromatic carbocycles. The van der Waals surface area contributed by atoms with Gasteiger partial charge in [0.05, 0.1) is 38.5 Å². The molecule has 1 aliphatic rings. The molecule has 0 bridgehead atoms. The second kappa shape index (κ2) is 11.5. The van der Waals surface area contributed by atoms with E-state index in [2.05, 4.69) is 13.8 Å². The molecule has 8 nitrogen and oxygen atoms in total. The molecule has 34 heavy (non-hydrogen) atoms. The van der Waals surface area contributed by atoms with Gasteiger partial charge in [-0.05, 0) is 41.7 Å². The molecule has 0 atom stereocenters. The fourth-order valence-corrected chi connectivity index (χ4v) is 5.33. The van der Waals surface area contributed by atoms with E-state index in [4.69, 9.17) is 9.47 Å². The molecule has 0 unspecified atom stereocenters. The number of carbonyl (C=O) groups excluding carboxylic acids is 1. The highest BCUT2D eigenvalue weighted by molar-refractivity contribution is 7.89. The standard InChI is InChI=1S/C25H31N3O5S/c1-19(2)22-7-4-20(5-8-22)10-11-28(18-25(29)27-12-14-33-15-13-27)34(30,31)24-16-21(17-26)6-9-23(24)32-3/h4-9,16,19H,10-15,18H2,1-3H3. The van der Waals surface area contributed by atoms with E-state index in [0.29, 0.717) is 38.6 Å². The van der Waals surface area contributed by atoms with Crippen LogP contribution in [0, 0.1) is 11.3 Å². The molecule has 3 rings (SSSR count). The summed E-state index contributed by atoms with van der Waals surface area (Å²) in [5.41, 5.74) is 2.37. The van der Waals surface area contributed by atoms with Gasteiger partial charge in [-0.1, -0.05) is 38.1 Å². The molecular formula is C25H31N3O5S. The lowest BCUT2D eigenvalue weighted by Crippen LogP contribution is -2.47. The van der Waals surface area contributed by atoms with E-state index in [9.17, 15) is 18.5 Å². The van der Waals surface area contributed by atoms with Crippen LogP contribution < -0.4 is 4.74 Å². The van der Waals surface area contributed by atoms with E-state index >= 15 is 0 Å². The largest absolute Gasteiger partial charge is 0.495 e. The van der Waals surface area contributed by atoms with Gasteiger partial charge in [0.15, 0.2) is 0 Å². The van der Waals surface area contributed by atoms with Gasteiger partial charge in [0.2, 0.25) is 15.9 Å². The van der Waals surface area contributed by atoms with Crippen molar-refractivity contribution >= 4 is 15.9 Å². The van der Waals surface area contributed by atoms with E-state index < -0.39 is 10.0 Å². The van der Waals surface area contributed by atoms with E-state index in [1.165, 1.54) is 35.2 Å². The Hall–Kier alpha value is -2.93. The van der Waals surface area contributed by atoms with Gasteiger partial charge in [0, 0.05) is 19.6 Å². The zero-order valence-electron chi connectivity index (χ0n) is 19.9. The fraction of sp³-hybridized carbons (Fsp3) is 0.440. The minimum atomic E-state index is -4.12. The van der Waals surface area contributed by atoms with Gasteiger partial charge in [-0.2, -0.15) is 9.57 Å². The van der Waals surface area contributed by atoms with Crippen molar-refractivity contribution in [3.8, 4) is 11.8 Å². The first kappa shape index (κ1) is 25.7. The quantitative estimate of drug-likeness (QED) is 0.542. The van der Waals surface area contributed by atoms with Crippen LogP contribution in [0.5, 0.6) is 5.75 Å². The summed E-state index contributed by atoms with van der Waals surface area (Å²) < 4.78 is 39.2. The molecule has 0 aromatic heterocycles. The molecule has 1 heterocycles.